The maximum atomic E-state index is 4.63. The second-order valence-corrected chi connectivity index (χ2v) is 5.42. The zero-order valence-electron chi connectivity index (χ0n) is 12.6. The molecular weight excluding hydrogens is 287 g/mol. The minimum atomic E-state index is -0.684. The van der Waals surface area contributed by atoms with Gasteiger partial charge >= 0.3 is 0 Å². The molecule has 0 saturated carbocycles. The van der Waals surface area contributed by atoms with Crippen LogP contribution in [0, 0.1) is 0 Å². The highest BCUT2D eigenvalue weighted by atomic mass is 15.3. The summed E-state index contributed by atoms with van der Waals surface area (Å²) in [7, 11) is -0.684. The molecule has 23 heavy (non-hydrogen) atoms. The predicted octanol–water partition coefficient (Wildman–Crippen LogP) is 1.60. The average molecular weight is 301 g/mol. The fourth-order valence-corrected chi connectivity index (χ4v) is 2.62. The molecule has 0 aliphatic carbocycles. The first kappa shape index (κ1) is 13.4. The van der Waals surface area contributed by atoms with Gasteiger partial charge in [-0.05, 0) is 48.8 Å². The van der Waals surface area contributed by atoms with Gasteiger partial charge in [0.25, 0.3) is 0 Å². The first-order chi connectivity index (χ1) is 11.4. The molecule has 4 aromatic rings. The first-order valence-electron chi connectivity index (χ1n) is 7.52. The van der Waals surface area contributed by atoms with E-state index in [2.05, 4.69) is 20.2 Å². The lowest BCUT2D eigenvalue weighted by molar-refractivity contribution is 0.888. The maximum absolute atomic E-state index is 4.63. The van der Waals surface area contributed by atoms with Crippen LogP contribution in [-0.2, 0) is 0 Å². The fourth-order valence-electron chi connectivity index (χ4n) is 2.62. The summed E-state index contributed by atoms with van der Waals surface area (Å²) in [6.07, 6.45) is 11.1. The van der Waals surface area contributed by atoms with Crippen molar-refractivity contribution < 1.29 is 0 Å². The number of nitrogens with zero attached hydrogens (tertiary/aromatic N) is 6. The van der Waals surface area contributed by atoms with Crippen LogP contribution in [-0.4, -0.2) is 36.9 Å². The Morgan fingerprint density at radius 2 is 1.04 bits per heavy atom. The molecule has 0 amide bonds. The molecule has 0 atom stereocenters. The standard InChI is InChI=1S/C16H14BN6/c1-7-18-8-2-13(1)15-5-11-22(20-15)17-23-12-6-16(21-23)14-3-9-19-10-4-14/h1-12H,17H2/q-1. The van der Waals surface area contributed by atoms with Gasteiger partial charge in [0.1, 0.15) is 0 Å². The smallest absolute Gasteiger partial charge is 0.198 e. The zero-order valence-corrected chi connectivity index (χ0v) is 12.6. The minimum absolute atomic E-state index is 0.684. The molecule has 6 nitrogen and oxygen atoms in total. The second-order valence-electron chi connectivity index (χ2n) is 5.42. The van der Waals surface area contributed by atoms with E-state index in [0.29, 0.717) is 0 Å². The Balaban J connectivity index is 1.53. The molecule has 4 rings (SSSR count). The number of pyridine rings is 2. The summed E-state index contributed by atoms with van der Waals surface area (Å²) in [5.74, 6) is 0. The van der Waals surface area contributed by atoms with Gasteiger partial charge in [-0.25, -0.2) is 10.2 Å². The van der Waals surface area contributed by atoms with E-state index >= 15 is 0 Å². The van der Waals surface area contributed by atoms with Gasteiger partial charge in [-0.3, -0.25) is 9.97 Å². The van der Waals surface area contributed by atoms with Crippen LogP contribution in [0.15, 0.2) is 73.6 Å². The van der Waals surface area contributed by atoms with Crippen LogP contribution >= 0.6 is 0 Å². The number of hydrogen-bond donors (Lipinski definition) is 0. The Morgan fingerprint density at radius 3 is 1.48 bits per heavy atom. The highest BCUT2D eigenvalue weighted by Gasteiger charge is 2.02. The van der Waals surface area contributed by atoms with Crippen molar-refractivity contribution in [3.63, 3.8) is 0 Å². The lowest BCUT2D eigenvalue weighted by Crippen LogP contribution is -2.17. The van der Waals surface area contributed by atoms with Gasteiger partial charge in [0.05, 0.1) is 11.4 Å². The van der Waals surface area contributed by atoms with Gasteiger partial charge in [-0.1, -0.05) is 0 Å². The Labute approximate surface area is 133 Å². The summed E-state index contributed by atoms with van der Waals surface area (Å²) in [5, 5.41) is 9.26. The minimum Gasteiger partial charge on any atom is -0.428 e. The van der Waals surface area contributed by atoms with Crippen LogP contribution in [0.25, 0.3) is 22.5 Å². The van der Waals surface area contributed by atoms with Crippen LogP contribution < -0.4 is 0 Å². The van der Waals surface area contributed by atoms with E-state index in [0.717, 1.165) is 22.5 Å². The molecule has 0 aliphatic rings. The van der Waals surface area contributed by atoms with E-state index in [-0.39, 0.29) is 0 Å². The summed E-state index contributed by atoms with van der Waals surface area (Å²) >= 11 is 0. The van der Waals surface area contributed by atoms with E-state index in [9.17, 15) is 0 Å². The molecule has 0 fully saturated rings. The van der Waals surface area contributed by atoms with Crippen LogP contribution in [0.3, 0.4) is 0 Å². The monoisotopic (exact) mass is 301 g/mol. The van der Waals surface area contributed by atoms with Gasteiger partial charge in [-0.2, -0.15) is 0 Å². The summed E-state index contributed by atoms with van der Waals surface area (Å²) in [6, 6.07) is 11.9. The molecule has 0 unspecified atom stereocenters. The van der Waals surface area contributed by atoms with Crippen molar-refractivity contribution in [2.24, 2.45) is 0 Å². The van der Waals surface area contributed by atoms with Crippen LogP contribution in [0.1, 0.15) is 0 Å². The van der Waals surface area contributed by atoms with Crippen molar-refractivity contribution in [2.45, 2.75) is 0 Å². The SMILES string of the molecule is [BH2-](n1ccc(-c2ccncc2)n1)n1ccc(-c2ccncc2)n1. The van der Waals surface area contributed by atoms with Crippen molar-refractivity contribution >= 4 is 7.55 Å². The largest absolute Gasteiger partial charge is 0.428 e. The third kappa shape index (κ3) is 2.89. The highest BCUT2D eigenvalue weighted by molar-refractivity contribution is 6.30. The predicted molar refractivity (Wildman–Crippen MR) is 90.3 cm³/mol. The zero-order chi connectivity index (χ0) is 15.5. The van der Waals surface area contributed by atoms with Crippen LogP contribution in [0.2, 0.25) is 0 Å². The molecule has 0 aromatic carbocycles. The van der Waals surface area contributed by atoms with Crippen LogP contribution in [0.5, 0.6) is 0 Å². The Morgan fingerprint density at radius 1 is 0.609 bits per heavy atom. The fraction of sp³-hybridized carbons (Fsp3) is 0. The van der Waals surface area contributed by atoms with Gasteiger partial charge in [0.15, 0.2) is 7.55 Å². The van der Waals surface area contributed by atoms with Crippen molar-refractivity contribution in [1.82, 2.24) is 29.4 Å². The maximum Gasteiger partial charge on any atom is 0.198 e. The Hall–Kier alpha value is -3.22. The lowest BCUT2D eigenvalue weighted by Gasteiger charge is -2.10. The molecule has 4 heterocycles. The van der Waals surface area contributed by atoms with Gasteiger partial charge in [0, 0.05) is 35.9 Å². The molecule has 0 N–H and O–H groups in total. The van der Waals surface area contributed by atoms with Crippen LogP contribution in [0.4, 0.5) is 0 Å². The van der Waals surface area contributed by atoms with E-state index < -0.39 is 7.55 Å². The van der Waals surface area contributed by atoms with Gasteiger partial charge in [0.2, 0.25) is 0 Å². The van der Waals surface area contributed by atoms with E-state index in [1.54, 1.807) is 24.8 Å². The quantitative estimate of drug-likeness (QED) is 0.537. The number of aromatic nitrogens is 6. The number of hydrogen-bond acceptors (Lipinski definition) is 4. The van der Waals surface area contributed by atoms with E-state index in [1.807, 2.05) is 58.0 Å². The molecule has 4 aromatic heterocycles. The van der Waals surface area contributed by atoms with Crippen molar-refractivity contribution in [3.8, 4) is 22.5 Å². The summed E-state index contributed by atoms with van der Waals surface area (Å²) < 4.78 is 3.97. The molecule has 0 radical (unpaired) electrons. The van der Waals surface area contributed by atoms with E-state index in [4.69, 9.17) is 0 Å². The average Bonchev–Trinajstić information content (AvgIpc) is 3.27. The molecule has 0 bridgehead atoms. The van der Waals surface area contributed by atoms with Gasteiger partial charge in [-0.15, -0.1) is 0 Å². The second kappa shape index (κ2) is 5.88. The molecule has 0 saturated heterocycles. The third-order valence-corrected chi connectivity index (χ3v) is 3.79. The number of rotatable bonds is 4. The molecule has 0 aliphatic heterocycles. The van der Waals surface area contributed by atoms with E-state index in [1.165, 1.54) is 0 Å². The highest BCUT2D eigenvalue weighted by Crippen LogP contribution is 2.16. The summed E-state index contributed by atoms with van der Waals surface area (Å²) in [6.45, 7) is 0. The summed E-state index contributed by atoms with van der Waals surface area (Å²) in [4.78, 5) is 8.06. The normalized spacial score (nSPS) is 10.8. The van der Waals surface area contributed by atoms with Gasteiger partial charge < -0.3 is 9.19 Å². The lowest BCUT2D eigenvalue weighted by atomic mass is 10.2. The van der Waals surface area contributed by atoms with Crippen molar-refractivity contribution in [3.05, 3.63) is 73.6 Å². The molecule has 112 valence electrons. The van der Waals surface area contributed by atoms with Crippen molar-refractivity contribution in [2.75, 3.05) is 0 Å². The third-order valence-electron chi connectivity index (χ3n) is 3.79. The topological polar surface area (TPSA) is 61.4 Å². The first-order valence-corrected chi connectivity index (χ1v) is 7.52. The molecular formula is C16H14BN6-. The Kier molecular flexibility index (Phi) is 3.44. The Bertz CT molecular complexity index is 825. The van der Waals surface area contributed by atoms with Crippen molar-refractivity contribution in [1.29, 1.82) is 0 Å². The molecule has 7 heteroatoms. The summed E-state index contributed by atoms with van der Waals surface area (Å²) in [5.41, 5.74) is 4.06. The molecule has 0 spiro atoms.